The van der Waals surface area contributed by atoms with Crippen LogP contribution in [0.3, 0.4) is 0 Å². The Hall–Kier alpha value is -2.79. The van der Waals surface area contributed by atoms with Crippen LogP contribution < -0.4 is 0 Å². The highest BCUT2D eigenvalue weighted by Gasteiger charge is 2.27. The minimum absolute atomic E-state index is 0.144. The monoisotopic (exact) mass is 391 g/mol. The lowest BCUT2D eigenvalue weighted by molar-refractivity contribution is 0.0614. The first-order valence-electron chi connectivity index (χ1n) is 10.2. The number of pyridine rings is 1. The zero-order chi connectivity index (χ0) is 20.2. The highest BCUT2D eigenvalue weighted by molar-refractivity contribution is 5.95. The van der Waals surface area contributed by atoms with Crippen LogP contribution in [0.25, 0.3) is 10.9 Å². The molecule has 0 bridgehead atoms. The Morgan fingerprint density at radius 1 is 1.14 bits per heavy atom. The summed E-state index contributed by atoms with van der Waals surface area (Å²) in [5.74, 6) is -0.547. The lowest BCUT2D eigenvalue weighted by Crippen LogP contribution is -2.49. The lowest BCUT2D eigenvalue weighted by atomic mass is 10.0. The van der Waals surface area contributed by atoms with Crippen molar-refractivity contribution >= 4 is 16.8 Å². The molecule has 0 unspecified atom stereocenters. The molecular formula is C24H26FN3O. The van der Waals surface area contributed by atoms with Crippen molar-refractivity contribution in [1.29, 1.82) is 0 Å². The van der Waals surface area contributed by atoms with Gasteiger partial charge in [0, 0.05) is 31.6 Å². The van der Waals surface area contributed by atoms with Crippen molar-refractivity contribution < 1.29 is 9.18 Å². The summed E-state index contributed by atoms with van der Waals surface area (Å²) in [6, 6.07) is 18.9. The van der Waals surface area contributed by atoms with E-state index in [1.165, 1.54) is 11.6 Å². The van der Waals surface area contributed by atoms with Gasteiger partial charge in [0.15, 0.2) is 0 Å². The van der Waals surface area contributed by atoms with Gasteiger partial charge in [-0.15, -0.1) is 0 Å². The molecule has 5 heteroatoms. The number of rotatable bonds is 5. The fourth-order valence-corrected chi connectivity index (χ4v) is 4.06. The van der Waals surface area contributed by atoms with Gasteiger partial charge < -0.3 is 9.80 Å². The summed E-state index contributed by atoms with van der Waals surface area (Å²) in [5.41, 5.74) is 1.88. The number of carbonyl (C=O) groups excluding carboxylic acids is 1. The summed E-state index contributed by atoms with van der Waals surface area (Å²) >= 11 is 0. The number of aromatic nitrogens is 1. The number of halogens is 1. The first kappa shape index (κ1) is 19.5. The number of hydrogen-bond acceptors (Lipinski definition) is 3. The fourth-order valence-electron chi connectivity index (χ4n) is 4.06. The van der Waals surface area contributed by atoms with Crippen LogP contribution in [0.1, 0.15) is 28.9 Å². The van der Waals surface area contributed by atoms with Crippen molar-refractivity contribution in [2.75, 3.05) is 26.7 Å². The van der Waals surface area contributed by atoms with Crippen LogP contribution in [-0.4, -0.2) is 53.4 Å². The van der Waals surface area contributed by atoms with Crippen molar-refractivity contribution in [2.45, 2.75) is 25.3 Å². The number of likely N-dealkylation sites (N-methyl/N-ethyl adjacent to an activating group) is 1. The highest BCUT2D eigenvalue weighted by atomic mass is 19.1. The van der Waals surface area contributed by atoms with Gasteiger partial charge in [0.05, 0.1) is 0 Å². The number of likely N-dealkylation sites (tertiary alicyclic amines) is 1. The number of piperidine rings is 1. The molecule has 1 aromatic heterocycles. The molecule has 1 amide bonds. The maximum atomic E-state index is 14.1. The van der Waals surface area contributed by atoms with Gasteiger partial charge in [-0.25, -0.2) is 9.37 Å². The molecule has 2 aromatic carbocycles. The molecule has 4 rings (SSSR count). The second kappa shape index (κ2) is 8.70. The summed E-state index contributed by atoms with van der Waals surface area (Å²) in [6.07, 6.45) is 3.06. The predicted molar refractivity (Wildman–Crippen MR) is 113 cm³/mol. The number of carbonyl (C=O) groups is 1. The van der Waals surface area contributed by atoms with Crippen molar-refractivity contribution in [2.24, 2.45) is 0 Å². The van der Waals surface area contributed by atoms with Crippen molar-refractivity contribution in [3.8, 4) is 0 Å². The van der Waals surface area contributed by atoms with Gasteiger partial charge in [-0.3, -0.25) is 4.79 Å². The van der Waals surface area contributed by atoms with E-state index in [-0.39, 0.29) is 17.5 Å². The second-order valence-electron chi connectivity index (χ2n) is 7.76. The van der Waals surface area contributed by atoms with E-state index in [4.69, 9.17) is 0 Å². The third-order valence-corrected chi connectivity index (χ3v) is 5.80. The highest BCUT2D eigenvalue weighted by Crippen LogP contribution is 2.20. The summed E-state index contributed by atoms with van der Waals surface area (Å²) in [7, 11) is 1.83. The van der Waals surface area contributed by atoms with Gasteiger partial charge in [0.1, 0.15) is 17.0 Å². The van der Waals surface area contributed by atoms with E-state index < -0.39 is 5.82 Å². The van der Waals surface area contributed by atoms with Gasteiger partial charge in [-0.2, -0.15) is 0 Å². The van der Waals surface area contributed by atoms with Crippen LogP contribution >= 0.6 is 0 Å². The van der Waals surface area contributed by atoms with Gasteiger partial charge in [-0.1, -0.05) is 48.5 Å². The molecule has 3 aromatic rings. The first-order chi connectivity index (χ1) is 14.1. The molecule has 1 fully saturated rings. The van der Waals surface area contributed by atoms with E-state index in [9.17, 15) is 9.18 Å². The Labute approximate surface area is 171 Å². The molecule has 4 nitrogen and oxygen atoms in total. The number of amides is 1. The van der Waals surface area contributed by atoms with Crippen LogP contribution in [0, 0.1) is 5.82 Å². The molecule has 1 aliphatic rings. The maximum Gasteiger partial charge on any atom is 0.272 e. The quantitative estimate of drug-likeness (QED) is 0.656. The molecule has 150 valence electrons. The Morgan fingerprint density at radius 2 is 1.97 bits per heavy atom. The molecule has 0 N–H and O–H groups in total. The maximum absolute atomic E-state index is 14.1. The average Bonchev–Trinajstić information content (AvgIpc) is 2.78. The van der Waals surface area contributed by atoms with Crippen molar-refractivity contribution in [1.82, 2.24) is 14.8 Å². The number of hydrogen-bond donors (Lipinski definition) is 0. The largest absolute Gasteiger partial charge is 0.336 e. The SMILES string of the molecule is CN(C(=O)c1ccc2cccc(F)c2n1)[C@H]1CCCN(CCc2ccccc2)C1. The summed E-state index contributed by atoms with van der Waals surface area (Å²) in [4.78, 5) is 21.5. The molecule has 0 spiro atoms. The molecule has 1 saturated heterocycles. The summed E-state index contributed by atoms with van der Waals surface area (Å²) in [6.45, 7) is 2.91. The van der Waals surface area contributed by atoms with Gasteiger partial charge in [0.2, 0.25) is 0 Å². The van der Waals surface area contributed by atoms with Crippen LogP contribution in [0.2, 0.25) is 0 Å². The summed E-state index contributed by atoms with van der Waals surface area (Å²) in [5, 5.41) is 0.703. The molecule has 1 atom stereocenters. The Morgan fingerprint density at radius 3 is 2.79 bits per heavy atom. The second-order valence-corrected chi connectivity index (χ2v) is 7.76. The van der Waals surface area contributed by atoms with Crippen LogP contribution in [-0.2, 0) is 6.42 Å². The zero-order valence-electron chi connectivity index (χ0n) is 16.7. The lowest BCUT2D eigenvalue weighted by Gasteiger charge is -2.37. The zero-order valence-corrected chi connectivity index (χ0v) is 16.7. The van der Waals surface area contributed by atoms with Crippen molar-refractivity contribution in [3.05, 3.63) is 77.7 Å². The van der Waals surface area contributed by atoms with Gasteiger partial charge in [-0.05, 0) is 43.5 Å². The summed E-state index contributed by atoms with van der Waals surface area (Å²) < 4.78 is 14.1. The number of fused-ring (bicyclic) bond motifs is 1. The van der Waals surface area contributed by atoms with Gasteiger partial charge >= 0.3 is 0 Å². The Bertz CT molecular complexity index is 992. The van der Waals surface area contributed by atoms with Gasteiger partial charge in [0.25, 0.3) is 5.91 Å². The molecular weight excluding hydrogens is 365 g/mol. The molecule has 0 saturated carbocycles. The van der Waals surface area contributed by atoms with E-state index in [2.05, 4.69) is 34.1 Å². The minimum Gasteiger partial charge on any atom is -0.336 e. The normalized spacial score (nSPS) is 17.4. The molecule has 1 aliphatic heterocycles. The van der Waals surface area contributed by atoms with E-state index in [0.29, 0.717) is 11.1 Å². The topological polar surface area (TPSA) is 36.4 Å². The molecule has 2 heterocycles. The molecule has 0 radical (unpaired) electrons. The number of para-hydroxylation sites is 1. The van der Waals surface area contributed by atoms with Crippen LogP contribution in [0.15, 0.2) is 60.7 Å². The Kier molecular flexibility index (Phi) is 5.86. The first-order valence-corrected chi connectivity index (χ1v) is 10.2. The number of benzene rings is 2. The van der Waals surface area contributed by atoms with E-state index in [0.717, 1.165) is 38.9 Å². The van der Waals surface area contributed by atoms with E-state index in [1.807, 2.05) is 13.1 Å². The van der Waals surface area contributed by atoms with Crippen LogP contribution in [0.5, 0.6) is 0 Å². The average molecular weight is 391 g/mol. The molecule has 0 aliphatic carbocycles. The number of nitrogens with zero attached hydrogens (tertiary/aromatic N) is 3. The predicted octanol–water partition coefficient (Wildman–Crippen LogP) is 4.15. The Balaban J connectivity index is 1.42. The molecule has 29 heavy (non-hydrogen) atoms. The van der Waals surface area contributed by atoms with E-state index in [1.54, 1.807) is 29.2 Å². The third-order valence-electron chi connectivity index (χ3n) is 5.80. The fraction of sp³-hybridized carbons (Fsp3) is 0.333. The van der Waals surface area contributed by atoms with Crippen LogP contribution in [0.4, 0.5) is 4.39 Å². The standard InChI is InChI=1S/C24H26FN3O/c1-27(24(29)22-13-12-19-9-5-11-21(25)23(19)26-22)20-10-6-15-28(17-20)16-14-18-7-3-2-4-8-18/h2-5,7-9,11-13,20H,6,10,14-17H2,1H3/t20-/m0/s1. The van der Waals surface area contributed by atoms with E-state index >= 15 is 0 Å². The van der Waals surface area contributed by atoms with Crippen molar-refractivity contribution in [3.63, 3.8) is 0 Å². The smallest absolute Gasteiger partial charge is 0.272 e. The third kappa shape index (κ3) is 4.46. The minimum atomic E-state index is -0.399.